The second-order valence-corrected chi connectivity index (χ2v) is 7.48. The van der Waals surface area contributed by atoms with Gasteiger partial charge in [-0.05, 0) is 25.1 Å². The van der Waals surface area contributed by atoms with Gasteiger partial charge in [-0.1, -0.05) is 23.5 Å². The summed E-state index contributed by atoms with van der Waals surface area (Å²) in [5.41, 5.74) is 0.614. The number of ether oxygens (including phenoxy) is 1. The average molecular weight is 440 g/mol. The van der Waals surface area contributed by atoms with E-state index in [1.165, 1.54) is 34.2 Å². The highest BCUT2D eigenvalue weighted by atomic mass is 32.1. The lowest BCUT2D eigenvalue weighted by Gasteiger charge is -2.18. The number of hydrogen-bond donors (Lipinski definition) is 1. The lowest BCUT2D eigenvalue weighted by atomic mass is 10.1. The van der Waals surface area contributed by atoms with Crippen molar-refractivity contribution in [1.82, 2.24) is 14.8 Å². The van der Waals surface area contributed by atoms with Gasteiger partial charge in [-0.2, -0.15) is 23.0 Å². The van der Waals surface area contributed by atoms with Gasteiger partial charge in [0.05, 0.1) is 17.9 Å². The van der Waals surface area contributed by atoms with Crippen LogP contribution >= 0.6 is 11.3 Å². The molecule has 0 saturated heterocycles. The standard InChI is InChI=1S/C19H19F3N4O3S/c1-11-10-14(17(27)28)26(24-11)18-23-15(16(30-18)25(2)8-9-29-3)12-4-6-13(7-5-12)19(20,21)22/h4-7,10H,8-9H2,1-3H3,(H,27,28). The van der Waals surface area contributed by atoms with E-state index >= 15 is 0 Å². The zero-order chi connectivity index (χ0) is 22.1. The Labute approximate surface area is 174 Å². The maximum Gasteiger partial charge on any atom is 0.416 e. The number of rotatable bonds is 7. The Morgan fingerprint density at radius 1 is 1.30 bits per heavy atom. The highest BCUT2D eigenvalue weighted by Crippen LogP contribution is 2.38. The van der Waals surface area contributed by atoms with Crippen LogP contribution in [0.5, 0.6) is 0 Å². The summed E-state index contributed by atoms with van der Waals surface area (Å²) < 4.78 is 45.1. The number of likely N-dealkylation sites (N-methyl/N-ethyl adjacent to an activating group) is 1. The summed E-state index contributed by atoms with van der Waals surface area (Å²) >= 11 is 1.19. The number of aromatic nitrogens is 3. The van der Waals surface area contributed by atoms with Crippen LogP contribution in [0.4, 0.5) is 18.2 Å². The molecule has 1 aromatic carbocycles. The second-order valence-electron chi connectivity index (χ2n) is 6.53. The van der Waals surface area contributed by atoms with Crippen molar-refractivity contribution >= 4 is 22.3 Å². The molecule has 3 aromatic rings. The van der Waals surface area contributed by atoms with Crippen LogP contribution in [0, 0.1) is 6.92 Å². The van der Waals surface area contributed by atoms with E-state index in [0.29, 0.717) is 40.2 Å². The third kappa shape index (κ3) is 4.46. The molecule has 0 bridgehead atoms. The van der Waals surface area contributed by atoms with Crippen molar-refractivity contribution in [1.29, 1.82) is 0 Å². The molecule has 2 heterocycles. The van der Waals surface area contributed by atoms with Gasteiger partial charge in [-0.25, -0.2) is 9.78 Å². The Kier molecular flexibility index (Phi) is 6.13. The Bertz CT molecular complexity index is 1040. The molecule has 2 aromatic heterocycles. The van der Waals surface area contributed by atoms with Gasteiger partial charge < -0.3 is 14.7 Å². The van der Waals surface area contributed by atoms with Crippen molar-refractivity contribution in [2.45, 2.75) is 13.1 Å². The third-order valence-corrected chi connectivity index (χ3v) is 5.44. The zero-order valence-corrected chi connectivity index (χ0v) is 17.2. The lowest BCUT2D eigenvalue weighted by molar-refractivity contribution is -0.137. The molecule has 0 fully saturated rings. The second kappa shape index (κ2) is 8.44. The lowest BCUT2D eigenvalue weighted by Crippen LogP contribution is -2.21. The van der Waals surface area contributed by atoms with Crippen LogP contribution in [0.15, 0.2) is 30.3 Å². The van der Waals surface area contributed by atoms with E-state index in [2.05, 4.69) is 10.1 Å². The molecule has 0 aliphatic heterocycles. The fourth-order valence-corrected chi connectivity index (χ4v) is 3.83. The first-order chi connectivity index (χ1) is 14.1. The first-order valence-corrected chi connectivity index (χ1v) is 9.62. The minimum atomic E-state index is -4.44. The van der Waals surface area contributed by atoms with Gasteiger partial charge in [0.25, 0.3) is 0 Å². The van der Waals surface area contributed by atoms with Gasteiger partial charge in [0.1, 0.15) is 10.7 Å². The zero-order valence-electron chi connectivity index (χ0n) is 16.4. The predicted octanol–water partition coefficient (Wildman–Crippen LogP) is 4.10. The van der Waals surface area contributed by atoms with Crippen molar-refractivity contribution in [3.05, 3.63) is 47.3 Å². The molecule has 11 heteroatoms. The summed E-state index contributed by atoms with van der Waals surface area (Å²) in [6, 6.07) is 6.11. The Balaban J connectivity index is 2.11. The molecule has 160 valence electrons. The van der Waals surface area contributed by atoms with E-state index in [1.54, 1.807) is 21.1 Å². The summed E-state index contributed by atoms with van der Waals surface area (Å²) in [5, 5.41) is 14.6. The van der Waals surface area contributed by atoms with E-state index in [4.69, 9.17) is 4.74 Å². The molecule has 0 aliphatic rings. The molecule has 0 radical (unpaired) electrons. The molecule has 0 atom stereocenters. The number of thiazole rings is 1. The van der Waals surface area contributed by atoms with Crippen molar-refractivity contribution in [2.24, 2.45) is 0 Å². The number of aryl methyl sites for hydroxylation is 1. The molecular formula is C19H19F3N4O3S. The van der Waals surface area contributed by atoms with Crippen LogP contribution in [0.2, 0.25) is 0 Å². The fourth-order valence-electron chi connectivity index (χ4n) is 2.78. The van der Waals surface area contributed by atoms with Crippen molar-refractivity contribution < 1.29 is 27.8 Å². The van der Waals surface area contributed by atoms with Gasteiger partial charge in [-0.15, -0.1) is 0 Å². The summed E-state index contributed by atoms with van der Waals surface area (Å²) in [5.74, 6) is -1.16. The fraction of sp³-hybridized carbons (Fsp3) is 0.316. The molecule has 1 N–H and O–H groups in total. The first kappa shape index (κ1) is 21.8. The quantitative estimate of drug-likeness (QED) is 0.596. The largest absolute Gasteiger partial charge is 0.477 e. The topological polar surface area (TPSA) is 80.5 Å². The number of benzene rings is 1. The monoisotopic (exact) mass is 440 g/mol. The number of nitrogens with zero attached hydrogens (tertiary/aromatic N) is 4. The predicted molar refractivity (Wildman–Crippen MR) is 107 cm³/mol. The molecule has 0 saturated carbocycles. The Hall–Kier alpha value is -2.92. The maximum absolute atomic E-state index is 12.9. The maximum atomic E-state index is 12.9. The number of carboxylic acids is 1. The van der Waals surface area contributed by atoms with E-state index in [9.17, 15) is 23.1 Å². The van der Waals surface area contributed by atoms with Gasteiger partial charge in [0.15, 0.2) is 5.69 Å². The number of hydrogen-bond acceptors (Lipinski definition) is 6. The van der Waals surface area contributed by atoms with Gasteiger partial charge in [-0.3, -0.25) is 0 Å². The first-order valence-electron chi connectivity index (χ1n) is 8.80. The average Bonchev–Trinajstić information content (AvgIpc) is 3.29. The molecule has 0 amide bonds. The third-order valence-electron chi connectivity index (χ3n) is 4.29. The summed E-state index contributed by atoms with van der Waals surface area (Å²) in [6.07, 6.45) is -4.44. The molecule has 3 rings (SSSR count). The number of alkyl halides is 3. The highest BCUT2D eigenvalue weighted by molar-refractivity contribution is 7.18. The summed E-state index contributed by atoms with van der Waals surface area (Å²) in [4.78, 5) is 17.9. The minimum absolute atomic E-state index is 0.0497. The normalized spacial score (nSPS) is 11.7. The number of carboxylic acid groups (broad SMARTS) is 1. The molecular weight excluding hydrogens is 421 g/mol. The van der Waals surface area contributed by atoms with Crippen LogP contribution in [0.1, 0.15) is 21.7 Å². The van der Waals surface area contributed by atoms with Crippen LogP contribution in [-0.4, -0.2) is 53.1 Å². The number of carbonyl (C=O) groups is 1. The molecule has 0 aliphatic carbocycles. The number of halogens is 3. The van der Waals surface area contributed by atoms with Crippen LogP contribution < -0.4 is 4.90 Å². The van der Waals surface area contributed by atoms with E-state index in [0.717, 1.165) is 12.1 Å². The molecule has 0 unspecified atom stereocenters. The summed E-state index contributed by atoms with van der Waals surface area (Å²) in [7, 11) is 3.37. The van der Waals surface area contributed by atoms with Crippen molar-refractivity contribution in [2.75, 3.05) is 32.2 Å². The van der Waals surface area contributed by atoms with Crippen LogP contribution in [0.25, 0.3) is 16.4 Å². The SMILES string of the molecule is COCCN(C)c1sc(-n2nc(C)cc2C(=O)O)nc1-c1ccc(C(F)(F)F)cc1. The van der Waals surface area contributed by atoms with E-state index in [-0.39, 0.29) is 5.69 Å². The Morgan fingerprint density at radius 2 is 1.97 bits per heavy atom. The molecule has 30 heavy (non-hydrogen) atoms. The van der Waals surface area contributed by atoms with E-state index < -0.39 is 17.7 Å². The molecule has 7 nitrogen and oxygen atoms in total. The highest BCUT2D eigenvalue weighted by Gasteiger charge is 2.30. The van der Waals surface area contributed by atoms with Gasteiger partial charge in [0, 0.05) is 26.3 Å². The number of anilines is 1. The minimum Gasteiger partial charge on any atom is -0.477 e. The van der Waals surface area contributed by atoms with Crippen LogP contribution in [-0.2, 0) is 10.9 Å². The number of aromatic carboxylic acids is 1. The van der Waals surface area contributed by atoms with Crippen molar-refractivity contribution in [3.8, 4) is 16.4 Å². The van der Waals surface area contributed by atoms with Gasteiger partial charge >= 0.3 is 12.1 Å². The van der Waals surface area contributed by atoms with E-state index in [1.807, 2.05) is 4.90 Å². The summed E-state index contributed by atoms with van der Waals surface area (Å²) in [6.45, 7) is 2.60. The van der Waals surface area contributed by atoms with Gasteiger partial charge in [0.2, 0.25) is 5.13 Å². The van der Waals surface area contributed by atoms with Crippen molar-refractivity contribution in [3.63, 3.8) is 0 Å². The van der Waals surface area contributed by atoms with Crippen LogP contribution in [0.3, 0.4) is 0 Å². The Morgan fingerprint density at radius 3 is 2.53 bits per heavy atom. The number of methoxy groups -OCH3 is 1. The smallest absolute Gasteiger partial charge is 0.416 e. The molecule has 0 spiro atoms.